The summed E-state index contributed by atoms with van der Waals surface area (Å²) in [5, 5.41) is 9.38. The Morgan fingerprint density at radius 2 is 2.00 bits per heavy atom. The summed E-state index contributed by atoms with van der Waals surface area (Å²) in [6, 6.07) is 6.91. The number of furan rings is 1. The van der Waals surface area contributed by atoms with E-state index in [0.29, 0.717) is 16.5 Å². The molecule has 1 aromatic heterocycles. The molecule has 20 heavy (non-hydrogen) atoms. The Bertz CT molecular complexity index is 606. The van der Waals surface area contributed by atoms with Gasteiger partial charge in [0.1, 0.15) is 5.58 Å². The van der Waals surface area contributed by atoms with Gasteiger partial charge in [-0.2, -0.15) is 13.2 Å². The fraction of sp³-hybridized carbons (Fsp3) is 0.308. The van der Waals surface area contributed by atoms with Crippen molar-refractivity contribution in [1.29, 1.82) is 0 Å². The molecule has 4 nitrogen and oxygen atoms in total. The summed E-state index contributed by atoms with van der Waals surface area (Å²) in [7, 11) is 0. The Kier molecular flexibility index (Phi) is 3.99. The first-order chi connectivity index (χ1) is 9.35. The standard InChI is InChI=1S/C13H12F3NO3/c14-13(15,16)8-17(6-12(18)19)5-9-7-20-11-4-2-1-3-10(9)11/h1-4,7H,5-6,8H2,(H,18,19). The van der Waals surface area contributed by atoms with Crippen molar-refractivity contribution in [3.8, 4) is 0 Å². The summed E-state index contributed by atoms with van der Waals surface area (Å²) in [6.45, 7) is -2.10. The van der Waals surface area contributed by atoms with E-state index in [2.05, 4.69) is 0 Å². The second kappa shape index (κ2) is 5.54. The minimum absolute atomic E-state index is 0.136. The molecule has 1 heterocycles. The van der Waals surface area contributed by atoms with Crippen molar-refractivity contribution < 1.29 is 27.5 Å². The van der Waals surface area contributed by atoms with Crippen LogP contribution in [-0.4, -0.2) is 35.2 Å². The van der Waals surface area contributed by atoms with E-state index in [1.54, 1.807) is 24.3 Å². The molecule has 1 aromatic carbocycles. The van der Waals surface area contributed by atoms with E-state index in [9.17, 15) is 18.0 Å². The summed E-state index contributed by atoms with van der Waals surface area (Å²) in [4.78, 5) is 11.5. The molecule has 0 amide bonds. The highest BCUT2D eigenvalue weighted by Gasteiger charge is 2.31. The quantitative estimate of drug-likeness (QED) is 0.918. The number of nitrogens with zero attached hydrogens (tertiary/aromatic N) is 1. The third kappa shape index (κ3) is 3.74. The smallest absolute Gasteiger partial charge is 0.401 e. The number of halogens is 3. The van der Waals surface area contributed by atoms with Gasteiger partial charge in [-0.15, -0.1) is 0 Å². The van der Waals surface area contributed by atoms with Crippen molar-refractivity contribution in [2.45, 2.75) is 12.7 Å². The Morgan fingerprint density at radius 3 is 2.65 bits per heavy atom. The molecule has 1 N–H and O–H groups in total. The lowest BCUT2D eigenvalue weighted by Gasteiger charge is -2.21. The third-order valence-corrected chi connectivity index (χ3v) is 2.72. The molecule has 0 radical (unpaired) electrons. The van der Waals surface area contributed by atoms with Gasteiger partial charge < -0.3 is 9.52 Å². The minimum atomic E-state index is -4.45. The van der Waals surface area contributed by atoms with Crippen LogP contribution in [0.2, 0.25) is 0 Å². The lowest BCUT2D eigenvalue weighted by Crippen LogP contribution is -2.37. The molecular weight excluding hydrogens is 275 g/mol. The Balaban J connectivity index is 2.20. The number of alkyl halides is 3. The summed E-state index contributed by atoms with van der Waals surface area (Å²) < 4.78 is 42.6. The van der Waals surface area contributed by atoms with Gasteiger partial charge in [-0.3, -0.25) is 9.69 Å². The first-order valence-electron chi connectivity index (χ1n) is 5.81. The number of para-hydroxylation sites is 1. The maximum Gasteiger partial charge on any atom is 0.401 e. The van der Waals surface area contributed by atoms with Crippen LogP contribution in [0.5, 0.6) is 0 Å². The van der Waals surface area contributed by atoms with Crippen molar-refractivity contribution in [2.24, 2.45) is 0 Å². The lowest BCUT2D eigenvalue weighted by atomic mass is 10.1. The highest BCUT2D eigenvalue weighted by molar-refractivity contribution is 5.80. The van der Waals surface area contributed by atoms with Gasteiger partial charge in [-0.1, -0.05) is 18.2 Å². The molecule has 0 aliphatic carbocycles. The van der Waals surface area contributed by atoms with Crippen LogP contribution >= 0.6 is 0 Å². The van der Waals surface area contributed by atoms with Gasteiger partial charge in [0, 0.05) is 17.5 Å². The van der Waals surface area contributed by atoms with Crippen LogP contribution in [0.1, 0.15) is 5.56 Å². The van der Waals surface area contributed by atoms with E-state index < -0.39 is 25.2 Å². The van der Waals surface area contributed by atoms with Crippen LogP contribution in [0.15, 0.2) is 34.9 Å². The van der Waals surface area contributed by atoms with Crippen LogP contribution < -0.4 is 0 Å². The van der Waals surface area contributed by atoms with Crippen molar-refractivity contribution in [2.75, 3.05) is 13.1 Å². The molecule has 0 atom stereocenters. The van der Waals surface area contributed by atoms with E-state index in [4.69, 9.17) is 9.52 Å². The molecule has 7 heteroatoms. The molecular formula is C13H12F3NO3. The number of aliphatic carboxylic acids is 1. The average molecular weight is 287 g/mol. The van der Waals surface area contributed by atoms with E-state index in [1.807, 2.05) is 0 Å². The largest absolute Gasteiger partial charge is 0.480 e. The summed E-state index contributed by atoms with van der Waals surface area (Å²) >= 11 is 0. The van der Waals surface area contributed by atoms with Gasteiger partial charge in [0.25, 0.3) is 0 Å². The number of rotatable bonds is 5. The van der Waals surface area contributed by atoms with Crippen LogP contribution in [0, 0.1) is 0 Å². The Morgan fingerprint density at radius 1 is 1.30 bits per heavy atom. The van der Waals surface area contributed by atoms with Gasteiger partial charge in [0.05, 0.1) is 19.4 Å². The van der Waals surface area contributed by atoms with Crippen LogP contribution in [0.25, 0.3) is 11.0 Å². The van der Waals surface area contributed by atoms with Crippen molar-refractivity contribution in [3.63, 3.8) is 0 Å². The molecule has 0 saturated heterocycles. The zero-order valence-corrected chi connectivity index (χ0v) is 10.4. The predicted molar refractivity (Wildman–Crippen MR) is 65.2 cm³/mol. The monoisotopic (exact) mass is 287 g/mol. The highest BCUT2D eigenvalue weighted by atomic mass is 19.4. The SMILES string of the molecule is O=C(O)CN(Cc1coc2ccccc12)CC(F)(F)F. The Hall–Kier alpha value is -2.02. The Labute approximate surface area is 112 Å². The van der Waals surface area contributed by atoms with Gasteiger partial charge in [-0.25, -0.2) is 0 Å². The van der Waals surface area contributed by atoms with Gasteiger partial charge in [0.15, 0.2) is 0 Å². The van der Waals surface area contributed by atoms with E-state index in [0.717, 1.165) is 4.90 Å². The highest BCUT2D eigenvalue weighted by Crippen LogP contribution is 2.24. The van der Waals surface area contributed by atoms with Crippen molar-refractivity contribution in [1.82, 2.24) is 4.90 Å². The topological polar surface area (TPSA) is 53.7 Å². The number of carboxylic acid groups (broad SMARTS) is 1. The maximum absolute atomic E-state index is 12.4. The molecule has 0 spiro atoms. The van der Waals surface area contributed by atoms with Crippen molar-refractivity contribution in [3.05, 3.63) is 36.1 Å². The molecule has 0 aliphatic heterocycles. The van der Waals surface area contributed by atoms with Gasteiger partial charge in [-0.05, 0) is 6.07 Å². The van der Waals surface area contributed by atoms with E-state index in [-0.39, 0.29) is 6.54 Å². The molecule has 2 rings (SSSR count). The van der Waals surface area contributed by atoms with Crippen LogP contribution in [0.3, 0.4) is 0 Å². The number of benzene rings is 1. The predicted octanol–water partition coefficient (Wildman–Crippen LogP) is 2.88. The summed E-state index contributed by atoms with van der Waals surface area (Å²) in [6.07, 6.45) is -3.09. The average Bonchev–Trinajstić information content (AvgIpc) is 2.70. The number of hydrogen-bond acceptors (Lipinski definition) is 3. The first-order valence-corrected chi connectivity index (χ1v) is 5.81. The van der Waals surface area contributed by atoms with Gasteiger partial charge in [0.2, 0.25) is 0 Å². The van der Waals surface area contributed by atoms with E-state index in [1.165, 1.54) is 6.26 Å². The fourth-order valence-corrected chi connectivity index (χ4v) is 2.01. The summed E-state index contributed by atoms with van der Waals surface area (Å²) in [5.41, 5.74) is 1.09. The number of carbonyl (C=O) groups is 1. The summed E-state index contributed by atoms with van der Waals surface area (Å²) in [5.74, 6) is -1.30. The molecule has 0 aliphatic rings. The van der Waals surface area contributed by atoms with Crippen molar-refractivity contribution >= 4 is 16.9 Å². The molecule has 0 unspecified atom stereocenters. The number of carboxylic acids is 1. The molecule has 2 aromatic rings. The zero-order valence-electron chi connectivity index (χ0n) is 10.4. The number of hydrogen-bond donors (Lipinski definition) is 1. The second-order valence-corrected chi connectivity index (χ2v) is 4.41. The second-order valence-electron chi connectivity index (χ2n) is 4.41. The molecule has 0 fully saturated rings. The van der Waals surface area contributed by atoms with Gasteiger partial charge >= 0.3 is 12.1 Å². The maximum atomic E-state index is 12.4. The fourth-order valence-electron chi connectivity index (χ4n) is 2.01. The van der Waals surface area contributed by atoms with E-state index >= 15 is 0 Å². The first kappa shape index (κ1) is 14.4. The lowest BCUT2D eigenvalue weighted by molar-refractivity contribution is -0.154. The minimum Gasteiger partial charge on any atom is -0.480 e. The molecule has 0 saturated carbocycles. The molecule has 0 bridgehead atoms. The van der Waals surface area contributed by atoms with Crippen LogP contribution in [-0.2, 0) is 11.3 Å². The third-order valence-electron chi connectivity index (χ3n) is 2.72. The zero-order chi connectivity index (χ0) is 14.8. The number of fused-ring (bicyclic) bond motifs is 1. The van der Waals surface area contributed by atoms with Crippen LogP contribution in [0.4, 0.5) is 13.2 Å². The molecule has 108 valence electrons. The normalized spacial score (nSPS) is 12.2.